The highest BCUT2D eigenvalue weighted by Crippen LogP contribution is 2.17. The van der Waals surface area contributed by atoms with Gasteiger partial charge >= 0.3 is 17.9 Å². The van der Waals surface area contributed by atoms with Gasteiger partial charge in [-0.05, 0) is 77.0 Å². The normalized spacial score (nSPS) is 12.5. The van der Waals surface area contributed by atoms with Gasteiger partial charge in [0.2, 0.25) is 0 Å². The summed E-state index contributed by atoms with van der Waals surface area (Å²) in [6, 6.07) is 0. The van der Waals surface area contributed by atoms with E-state index in [1.54, 1.807) is 0 Å². The first kappa shape index (κ1) is 70.8. The number of carbonyl (C=O) groups excluding carboxylic acids is 3. The topological polar surface area (TPSA) is 78.9 Å². The first-order chi connectivity index (χ1) is 36.5. The minimum atomic E-state index is -0.811. The molecular formula is C68H120O6. The quantitative estimate of drug-likeness (QED) is 0.0261. The van der Waals surface area contributed by atoms with Crippen molar-refractivity contribution in [2.75, 3.05) is 13.2 Å². The van der Waals surface area contributed by atoms with Crippen LogP contribution in [0.1, 0.15) is 323 Å². The van der Waals surface area contributed by atoms with Crippen LogP contribution in [0.25, 0.3) is 0 Å². The molecule has 0 radical (unpaired) electrons. The van der Waals surface area contributed by atoms with E-state index < -0.39 is 6.10 Å². The first-order valence-electron chi connectivity index (χ1n) is 31.9. The van der Waals surface area contributed by atoms with Crippen molar-refractivity contribution < 1.29 is 28.6 Å². The van der Waals surface area contributed by atoms with Crippen molar-refractivity contribution in [2.24, 2.45) is 0 Å². The molecule has 0 heterocycles. The van der Waals surface area contributed by atoms with Crippen LogP contribution in [-0.2, 0) is 28.6 Å². The molecule has 0 N–H and O–H groups in total. The summed E-state index contributed by atoms with van der Waals surface area (Å²) in [7, 11) is 0. The summed E-state index contributed by atoms with van der Waals surface area (Å²) in [5, 5.41) is 0. The summed E-state index contributed by atoms with van der Waals surface area (Å²) in [5.74, 6) is -0.988. The van der Waals surface area contributed by atoms with E-state index in [4.69, 9.17) is 14.2 Å². The van der Waals surface area contributed by atoms with Gasteiger partial charge in [-0.1, -0.05) is 299 Å². The van der Waals surface area contributed by atoms with Crippen LogP contribution < -0.4 is 0 Å². The first-order valence-corrected chi connectivity index (χ1v) is 31.9. The van der Waals surface area contributed by atoms with Crippen LogP contribution >= 0.6 is 0 Å². The molecule has 6 nitrogen and oxygen atoms in total. The number of ether oxygens (including phenoxy) is 3. The Balaban J connectivity index is 4.23. The molecule has 0 spiro atoms. The Morgan fingerprint density at radius 2 is 0.554 bits per heavy atom. The molecule has 0 saturated carbocycles. The van der Waals surface area contributed by atoms with Crippen molar-refractivity contribution in [3.8, 4) is 0 Å². The Hall–Kier alpha value is -3.15. The van der Waals surface area contributed by atoms with Crippen LogP contribution in [0.3, 0.4) is 0 Å². The van der Waals surface area contributed by atoms with Gasteiger partial charge in [-0.3, -0.25) is 14.4 Å². The van der Waals surface area contributed by atoms with Crippen LogP contribution in [0.4, 0.5) is 0 Å². The molecular weight excluding hydrogens is 913 g/mol. The van der Waals surface area contributed by atoms with Gasteiger partial charge in [-0.2, -0.15) is 0 Å². The fourth-order valence-electron chi connectivity index (χ4n) is 9.20. The molecule has 0 aliphatic rings. The van der Waals surface area contributed by atoms with E-state index in [2.05, 4.69) is 87.6 Å². The Bertz CT molecular complexity index is 1370. The molecule has 0 fully saturated rings. The van der Waals surface area contributed by atoms with Gasteiger partial charge in [0.25, 0.3) is 0 Å². The second kappa shape index (κ2) is 62.4. The predicted molar refractivity (Wildman–Crippen MR) is 321 cm³/mol. The highest BCUT2D eigenvalue weighted by atomic mass is 16.6. The summed E-state index contributed by atoms with van der Waals surface area (Å²) in [4.78, 5) is 38.2. The number of unbranched alkanes of at least 4 members (excludes halogenated alkanes) is 35. The molecule has 0 saturated heterocycles. The van der Waals surface area contributed by atoms with Crippen molar-refractivity contribution in [3.05, 3.63) is 72.9 Å². The maximum absolute atomic E-state index is 12.9. The summed E-state index contributed by atoms with van der Waals surface area (Å²) >= 11 is 0. The van der Waals surface area contributed by atoms with Gasteiger partial charge in [0.05, 0.1) is 0 Å². The SMILES string of the molecule is CC/C=C\C/C=C\C/C=C\C/C=C\CCC(=O)OCC(COC(=O)CCCCCCCCCCCCCCCCCCCCCCCCCCCCCC)OC(=O)CCCCCCC/C=C\C/C=C\CCCCC. The van der Waals surface area contributed by atoms with E-state index >= 15 is 0 Å². The van der Waals surface area contributed by atoms with Crippen molar-refractivity contribution in [1.82, 2.24) is 0 Å². The number of carbonyl (C=O) groups is 3. The second-order valence-electron chi connectivity index (χ2n) is 21.3. The summed E-state index contributed by atoms with van der Waals surface area (Å²) in [5.41, 5.74) is 0. The van der Waals surface area contributed by atoms with Crippen LogP contribution in [0.2, 0.25) is 0 Å². The maximum atomic E-state index is 12.9. The van der Waals surface area contributed by atoms with Crippen molar-refractivity contribution in [2.45, 2.75) is 329 Å². The van der Waals surface area contributed by atoms with E-state index in [0.29, 0.717) is 19.3 Å². The third-order valence-electron chi connectivity index (χ3n) is 14.0. The summed E-state index contributed by atoms with van der Waals surface area (Å²) < 4.78 is 16.8. The fourth-order valence-corrected chi connectivity index (χ4v) is 9.20. The predicted octanol–water partition coefficient (Wildman–Crippen LogP) is 21.7. The van der Waals surface area contributed by atoms with E-state index in [0.717, 1.165) is 89.9 Å². The third kappa shape index (κ3) is 59.7. The Morgan fingerprint density at radius 1 is 0.284 bits per heavy atom. The monoisotopic (exact) mass is 1030 g/mol. The van der Waals surface area contributed by atoms with Gasteiger partial charge in [0, 0.05) is 19.3 Å². The van der Waals surface area contributed by atoms with Gasteiger partial charge in [-0.15, -0.1) is 0 Å². The molecule has 0 aliphatic heterocycles. The van der Waals surface area contributed by atoms with Crippen LogP contribution in [0.15, 0.2) is 72.9 Å². The molecule has 428 valence electrons. The highest BCUT2D eigenvalue weighted by molar-refractivity contribution is 5.71. The Kier molecular flexibility index (Phi) is 59.7. The van der Waals surface area contributed by atoms with Gasteiger partial charge in [0.15, 0.2) is 6.10 Å². The minimum Gasteiger partial charge on any atom is -0.462 e. The smallest absolute Gasteiger partial charge is 0.306 e. The molecule has 0 aromatic heterocycles. The second-order valence-corrected chi connectivity index (χ2v) is 21.3. The summed E-state index contributed by atoms with van der Waals surface area (Å²) in [6.45, 7) is 6.46. The number of esters is 3. The van der Waals surface area contributed by atoms with Crippen molar-refractivity contribution in [1.29, 1.82) is 0 Å². The third-order valence-corrected chi connectivity index (χ3v) is 14.0. The molecule has 1 atom stereocenters. The lowest BCUT2D eigenvalue weighted by molar-refractivity contribution is -0.166. The van der Waals surface area contributed by atoms with E-state index in [1.807, 2.05) is 6.08 Å². The Labute approximate surface area is 459 Å². The van der Waals surface area contributed by atoms with Crippen molar-refractivity contribution in [3.63, 3.8) is 0 Å². The lowest BCUT2D eigenvalue weighted by atomic mass is 10.0. The zero-order chi connectivity index (χ0) is 53.6. The molecule has 0 aromatic carbocycles. The number of hydrogen-bond acceptors (Lipinski definition) is 6. The number of allylic oxidation sites excluding steroid dienone is 12. The zero-order valence-electron chi connectivity index (χ0n) is 49.1. The average Bonchev–Trinajstić information content (AvgIpc) is 3.40. The van der Waals surface area contributed by atoms with Crippen LogP contribution in [-0.4, -0.2) is 37.2 Å². The highest BCUT2D eigenvalue weighted by Gasteiger charge is 2.19. The molecule has 0 aromatic rings. The lowest BCUT2D eigenvalue weighted by Crippen LogP contribution is -2.30. The average molecular weight is 1030 g/mol. The van der Waals surface area contributed by atoms with Gasteiger partial charge in [0.1, 0.15) is 13.2 Å². The molecule has 1 unspecified atom stereocenters. The molecule has 6 heteroatoms. The summed E-state index contributed by atoms with van der Waals surface area (Å²) in [6.07, 6.45) is 80.9. The molecule has 74 heavy (non-hydrogen) atoms. The number of hydrogen-bond donors (Lipinski definition) is 0. The van der Waals surface area contributed by atoms with Crippen LogP contribution in [0, 0.1) is 0 Å². The van der Waals surface area contributed by atoms with Gasteiger partial charge in [-0.25, -0.2) is 0 Å². The van der Waals surface area contributed by atoms with Crippen molar-refractivity contribution >= 4 is 17.9 Å². The minimum absolute atomic E-state index is 0.101. The van der Waals surface area contributed by atoms with Gasteiger partial charge < -0.3 is 14.2 Å². The molecule has 0 aliphatic carbocycles. The standard InChI is InChI=1S/C68H120O6/c1-4-7-10-13-16-19-22-25-27-28-29-30-31-32-33-34-35-36-37-38-39-41-43-46-49-52-55-58-61-67(70)73-64-65(63-72-66(69)60-57-54-51-48-45-42-24-21-18-15-12-9-6-3)74-68(71)62-59-56-53-50-47-44-40-26-23-20-17-14-11-8-5-2/h9,12,17-18,20-21,26,40,42,45,51,54,65H,4-8,10-11,13-16,19,22-25,27-39,41,43-44,46-50,52-53,55-64H2,1-3H3/b12-9-,20-17-,21-18-,40-26-,45-42-,54-51-. The fraction of sp³-hybridized carbons (Fsp3) is 0.779. The lowest BCUT2D eigenvalue weighted by Gasteiger charge is -2.18. The molecule has 0 rings (SSSR count). The number of rotatable bonds is 58. The maximum Gasteiger partial charge on any atom is 0.306 e. The van der Waals surface area contributed by atoms with E-state index in [9.17, 15) is 14.4 Å². The molecule has 0 amide bonds. The zero-order valence-corrected chi connectivity index (χ0v) is 49.1. The van der Waals surface area contributed by atoms with E-state index in [1.165, 1.54) is 186 Å². The Morgan fingerprint density at radius 3 is 0.932 bits per heavy atom. The molecule has 0 bridgehead atoms. The van der Waals surface area contributed by atoms with E-state index in [-0.39, 0.29) is 37.5 Å². The van der Waals surface area contributed by atoms with Crippen LogP contribution in [0.5, 0.6) is 0 Å². The largest absolute Gasteiger partial charge is 0.462 e.